The van der Waals surface area contributed by atoms with Crippen molar-refractivity contribution in [3.63, 3.8) is 0 Å². The summed E-state index contributed by atoms with van der Waals surface area (Å²) < 4.78 is 23.5. The van der Waals surface area contributed by atoms with Gasteiger partial charge in [0.05, 0.1) is 47.5 Å². The minimum atomic E-state index is -0.272. The molecule has 2 saturated heterocycles. The molecule has 0 unspecified atom stereocenters. The van der Waals surface area contributed by atoms with E-state index >= 15 is 0 Å². The lowest BCUT2D eigenvalue weighted by molar-refractivity contribution is -0.331. The van der Waals surface area contributed by atoms with E-state index in [0.717, 1.165) is 0 Å². The first kappa shape index (κ1) is 17.3. The largest absolute Gasteiger partial charge is 0.351 e. The van der Waals surface area contributed by atoms with Crippen molar-refractivity contribution in [1.29, 1.82) is 0 Å². The van der Waals surface area contributed by atoms with Gasteiger partial charge in [-0.1, -0.05) is 40.3 Å². The standard InChI is InChI=1S/C15H26B2O4/c1-13(2,5-16)11-18-7-15(8-19-11)9-20-12(21-10-15)14(3,4)6-17/h11-12H,5-10H2,1-4H3. The maximum Gasteiger partial charge on any atom is 0.161 e. The molecule has 0 bridgehead atoms. The van der Waals surface area contributed by atoms with Crippen molar-refractivity contribution in [2.45, 2.75) is 52.9 Å². The molecule has 0 aromatic heterocycles. The third-order valence-corrected chi connectivity index (χ3v) is 4.49. The van der Waals surface area contributed by atoms with Crippen LogP contribution >= 0.6 is 0 Å². The SMILES string of the molecule is [B]CC(C)(C)C1OCC2(CO1)COC(C(C)(C)C[B])OC2. The summed E-state index contributed by atoms with van der Waals surface area (Å²) in [6, 6.07) is 0. The predicted molar refractivity (Wildman–Crippen MR) is 82.5 cm³/mol. The summed E-state index contributed by atoms with van der Waals surface area (Å²) in [5.41, 5.74) is -0.605. The second-order valence-corrected chi connectivity index (χ2v) is 7.79. The van der Waals surface area contributed by atoms with Crippen LogP contribution in [0, 0.1) is 16.2 Å². The Morgan fingerprint density at radius 3 is 1.29 bits per heavy atom. The van der Waals surface area contributed by atoms with Crippen molar-refractivity contribution < 1.29 is 18.9 Å². The molecule has 0 aromatic carbocycles. The van der Waals surface area contributed by atoms with E-state index < -0.39 is 0 Å². The van der Waals surface area contributed by atoms with E-state index in [9.17, 15) is 0 Å². The van der Waals surface area contributed by atoms with Gasteiger partial charge >= 0.3 is 0 Å². The molecule has 2 rings (SSSR count). The molecule has 116 valence electrons. The molecule has 21 heavy (non-hydrogen) atoms. The van der Waals surface area contributed by atoms with Crippen LogP contribution in [0.2, 0.25) is 12.6 Å². The Balaban J connectivity index is 1.89. The Hall–Kier alpha value is -0.0301. The van der Waals surface area contributed by atoms with E-state index in [1.165, 1.54) is 0 Å². The summed E-state index contributed by atoms with van der Waals surface area (Å²) in [4.78, 5) is 0. The fourth-order valence-electron chi connectivity index (χ4n) is 2.45. The molecule has 0 atom stereocenters. The van der Waals surface area contributed by atoms with Crippen molar-refractivity contribution in [3.8, 4) is 0 Å². The van der Waals surface area contributed by atoms with Crippen LogP contribution in [-0.2, 0) is 18.9 Å². The maximum absolute atomic E-state index is 5.89. The van der Waals surface area contributed by atoms with Crippen LogP contribution in [0.25, 0.3) is 0 Å². The fraction of sp³-hybridized carbons (Fsp3) is 1.00. The van der Waals surface area contributed by atoms with E-state index in [4.69, 9.17) is 34.6 Å². The van der Waals surface area contributed by atoms with Crippen LogP contribution in [-0.4, -0.2) is 54.7 Å². The fourth-order valence-corrected chi connectivity index (χ4v) is 2.45. The molecule has 2 heterocycles. The molecule has 0 amide bonds. The first-order valence-electron chi connectivity index (χ1n) is 7.61. The smallest absolute Gasteiger partial charge is 0.161 e. The summed E-state index contributed by atoms with van der Waals surface area (Å²) in [5.74, 6) is 0. The van der Waals surface area contributed by atoms with Crippen molar-refractivity contribution in [1.82, 2.24) is 0 Å². The molecule has 2 fully saturated rings. The van der Waals surface area contributed by atoms with E-state index in [2.05, 4.69) is 0 Å². The Bertz CT molecular complexity index is 306. The minimum absolute atomic E-state index is 0.192. The van der Waals surface area contributed by atoms with Gasteiger partial charge in [0.15, 0.2) is 12.6 Å². The number of ether oxygens (including phenoxy) is 4. The average Bonchev–Trinajstić information content (AvgIpc) is 2.48. The quantitative estimate of drug-likeness (QED) is 0.742. The second-order valence-electron chi connectivity index (χ2n) is 7.79. The highest BCUT2D eigenvalue weighted by molar-refractivity contribution is 6.09. The molecule has 6 heteroatoms. The molecule has 0 aliphatic carbocycles. The number of rotatable bonds is 4. The van der Waals surface area contributed by atoms with Gasteiger partial charge in [0, 0.05) is 10.8 Å². The zero-order valence-electron chi connectivity index (χ0n) is 13.7. The molecule has 0 saturated carbocycles. The summed E-state index contributed by atoms with van der Waals surface area (Å²) in [6.07, 6.45) is 0.493. The van der Waals surface area contributed by atoms with Crippen LogP contribution in [0.5, 0.6) is 0 Å². The third kappa shape index (κ3) is 3.66. The lowest BCUT2D eigenvalue weighted by Crippen LogP contribution is -2.56. The van der Waals surface area contributed by atoms with Gasteiger partial charge in [-0.15, -0.1) is 0 Å². The Morgan fingerprint density at radius 1 is 0.762 bits per heavy atom. The Labute approximate surface area is 131 Å². The molecule has 4 radical (unpaired) electrons. The molecule has 1 spiro atoms. The van der Waals surface area contributed by atoms with E-state index in [-0.39, 0.29) is 28.8 Å². The predicted octanol–water partition coefficient (Wildman–Crippen LogP) is 1.94. The highest BCUT2D eigenvalue weighted by Gasteiger charge is 2.46. The molecular formula is C15H26B2O4. The third-order valence-electron chi connectivity index (χ3n) is 4.49. The zero-order chi connectivity index (χ0) is 15.7. The van der Waals surface area contributed by atoms with Gasteiger partial charge in [0.25, 0.3) is 0 Å². The van der Waals surface area contributed by atoms with Gasteiger partial charge in [0.1, 0.15) is 0 Å². The van der Waals surface area contributed by atoms with Gasteiger partial charge in [-0.3, -0.25) is 0 Å². The lowest BCUT2D eigenvalue weighted by atomic mass is 9.77. The van der Waals surface area contributed by atoms with E-state index in [1.807, 2.05) is 27.7 Å². The van der Waals surface area contributed by atoms with Crippen molar-refractivity contribution in [2.24, 2.45) is 16.2 Å². The first-order chi connectivity index (χ1) is 9.75. The summed E-state index contributed by atoms with van der Waals surface area (Å²) in [7, 11) is 11.5. The van der Waals surface area contributed by atoms with Crippen molar-refractivity contribution in [3.05, 3.63) is 0 Å². The zero-order valence-corrected chi connectivity index (χ0v) is 13.7. The van der Waals surface area contributed by atoms with E-state index in [0.29, 0.717) is 39.1 Å². The van der Waals surface area contributed by atoms with Gasteiger partial charge in [-0.2, -0.15) is 0 Å². The molecule has 4 nitrogen and oxygen atoms in total. The van der Waals surface area contributed by atoms with Crippen LogP contribution in [0.15, 0.2) is 0 Å². The summed E-state index contributed by atoms with van der Waals surface area (Å²) >= 11 is 0. The topological polar surface area (TPSA) is 36.9 Å². The summed E-state index contributed by atoms with van der Waals surface area (Å²) in [5, 5.41) is 0. The van der Waals surface area contributed by atoms with Gasteiger partial charge in [0.2, 0.25) is 0 Å². The highest BCUT2D eigenvalue weighted by atomic mass is 16.7. The van der Waals surface area contributed by atoms with Crippen molar-refractivity contribution >= 4 is 15.7 Å². The van der Waals surface area contributed by atoms with Crippen LogP contribution in [0.4, 0.5) is 0 Å². The second kappa shape index (κ2) is 6.23. The monoisotopic (exact) mass is 292 g/mol. The average molecular weight is 292 g/mol. The Morgan fingerprint density at radius 2 is 1.05 bits per heavy atom. The molecule has 2 aliphatic heterocycles. The normalized spacial score (nSPS) is 35.0. The molecular weight excluding hydrogens is 266 g/mol. The van der Waals surface area contributed by atoms with Crippen LogP contribution < -0.4 is 0 Å². The lowest BCUT2D eigenvalue weighted by Gasteiger charge is -2.48. The Kier molecular flexibility index (Phi) is 5.14. The maximum atomic E-state index is 5.89. The first-order valence-corrected chi connectivity index (χ1v) is 7.61. The molecule has 0 aromatic rings. The van der Waals surface area contributed by atoms with Gasteiger partial charge < -0.3 is 18.9 Å². The van der Waals surface area contributed by atoms with Gasteiger partial charge in [-0.05, 0) is 0 Å². The van der Waals surface area contributed by atoms with Gasteiger partial charge in [-0.25, -0.2) is 0 Å². The molecule has 2 aliphatic rings. The van der Waals surface area contributed by atoms with E-state index in [1.54, 1.807) is 0 Å². The highest BCUT2D eigenvalue weighted by Crippen LogP contribution is 2.39. The van der Waals surface area contributed by atoms with Crippen molar-refractivity contribution in [2.75, 3.05) is 26.4 Å². The number of hydrogen-bond acceptors (Lipinski definition) is 4. The molecule has 0 N–H and O–H groups in total. The number of hydrogen-bond donors (Lipinski definition) is 0. The minimum Gasteiger partial charge on any atom is -0.351 e. The van der Waals surface area contributed by atoms with Crippen LogP contribution in [0.3, 0.4) is 0 Å². The summed E-state index contributed by atoms with van der Waals surface area (Å²) in [6.45, 7) is 10.4. The van der Waals surface area contributed by atoms with Crippen LogP contribution in [0.1, 0.15) is 27.7 Å².